The second-order valence-corrected chi connectivity index (χ2v) is 5.89. The van der Waals surface area contributed by atoms with Gasteiger partial charge in [-0.05, 0) is 11.6 Å². The molecule has 1 saturated heterocycles. The molecule has 1 fully saturated rings. The molecule has 1 aromatic heterocycles. The zero-order chi connectivity index (χ0) is 17.5. The van der Waals surface area contributed by atoms with E-state index in [-0.39, 0.29) is 5.70 Å². The Morgan fingerprint density at radius 3 is 2.79 bits per heavy atom. The van der Waals surface area contributed by atoms with Crippen LogP contribution in [0.5, 0.6) is 0 Å². The smallest absolute Gasteiger partial charge is 0.322 e. The molecule has 0 radical (unpaired) electrons. The third-order valence-corrected chi connectivity index (χ3v) is 4.47. The largest absolute Gasteiger partial charge is 0.363 e. The molecule has 10 heteroatoms. The molecule has 9 nitrogen and oxygen atoms in total. The fraction of sp³-hybridized carbons (Fsp3) is 0.500. The molecule has 0 aliphatic carbocycles. The first-order valence-corrected chi connectivity index (χ1v) is 7.62. The van der Waals surface area contributed by atoms with Crippen molar-refractivity contribution in [2.75, 3.05) is 27.3 Å². The number of nitrogens with zero attached hydrogens (tertiary/aromatic N) is 4. The summed E-state index contributed by atoms with van der Waals surface area (Å²) in [6.07, 6.45) is 0.404. The molecular weight excluding hydrogens is 340 g/mol. The number of rotatable bonds is 5. The average Bonchev–Trinajstić information content (AvgIpc) is 3.07. The van der Waals surface area contributed by atoms with Crippen molar-refractivity contribution in [2.45, 2.75) is 18.6 Å². The minimum atomic E-state index is -1.90. The number of nitro groups is 1. The van der Waals surface area contributed by atoms with Gasteiger partial charge in [0.2, 0.25) is 6.10 Å². The summed E-state index contributed by atoms with van der Waals surface area (Å²) in [5.74, 6) is -1.61. The molecule has 0 saturated carbocycles. The van der Waals surface area contributed by atoms with Crippen molar-refractivity contribution in [3.63, 3.8) is 0 Å². The van der Waals surface area contributed by atoms with E-state index in [1.807, 2.05) is 0 Å². The van der Waals surface area contributed by atoms with Crippen LogP contribution in [0.2, 0.25) is 5.15 Å². The number of ether oxygens (including phenoxy) is 2. The number of pyridine rings is 1. The number of hydrogen-bond donors (Lipinski definition) is 1. The monoisotopic (exact) mass is 356 g/mol. The van der Waals surface area contributed by atoms with Crippen LogP contribution in [-0.2, 0) is 16.0 Å². The summed E-state index contributed by atoms with van der Waals surface area (Å²) < 4.78 is 10.3. The van der Waals surface area contributed by atoms with Gasteiger partial charge < -0.3 is 19.5 Å². The molecule has 1 aromatic rings. The van der Waals surface area contributed by atoms with Gasteiger partial charge >= 0.3 is 5.70 Å². The third-order valence-electron chi connectivity index (χ3n) is 4.25. The highest BCUT2D eigenvalue weighted by Crippen LogP contribution is 2.42. The maximum absolute atomic E-state index is 11.6. The molecular formula is C14H17ClN4O5. The highest BCUT2D eigenvalue weighted by Gasteiger charge is 2.62. The molecule has 0 amide bonds. The Bertz CT molecular complexity index is 682. The standard InChI is InChI=1S/C14H17ClN4O5/c1-23-12-11(19(21)22)13-17(5-6-18(13)14(12,20)24-2)8-9-3-4-10(15)16-7-9/h3-4,7,12,20H,5-6,8H2,1-2H3. The average molecular weight is 357 g/mol. The van der Waals surface area contributed by atoms with Gasteiger partial charge in [-0.1, -0.05) is 17.7 Å². The first-order chi connectivity index (χ1) is 11.4. The zero-order valence-corrected chi connectivity index (χ0v) is 13.9. The molecule has 24 heavy (non-hydrogen) atoms. The van der Waals surface area contributed by atoms with E-state index in [1.165, 1.54) is 19.1 Å². The van der Waals surface area contributed by atoms with E-state index in [9.17, 15) is 15.2 Å². The molecule has 0 bridgehead atoms. The Kier molecular flexibility index (Phi) is 4.35. The minimum Gasteiger partial charge on any atom is -0.363 e. The second kappa shape index (κ2) is 6.17. The lowest BCUT2D eigenvalue weighted by Gasteiger charge is -2.33. The molecule has 2 atom stereocenters. The topological polar surface area (TPSA) is 101 Å². The van der Waals surface area contributed by atoms with Crippen LogP contribution in [0.25, 0.3) is 0 Å². The van der Waals surface area contributed by atoms with Crippen LogP contribution < -0.4 is 0 Å². The number of methoxy groups -OCH3 is 2. The van der Waals surface area contributed by atoms with Gasteiger partial charge in [-0.25, -0.2) is 4.98 Å². The van der Waals surface area contributed by atoms with Crippen LogP contribution in [-0.4, -0.2) is 64.1 Å². The van der Waals surface area contributed by atoms with E-state index in [1.54, 1.807) is 23.2 Å². The van der Waals surface area contributed by atoms with Gasteiger partial charge in [-0.3, -0.25) is 15.0 Å². The van der Waals surface area contributed by atoms with E-state index < -0.39 is 16.9 Å². The molecule has 0 spiro atoms. The van der Waals surface area contributed by atoms with E-state index in [4.69, 9.17) is 21.1 Å². The second-order valence-electron chi connectivity index (χ2n) is 5.51. The summed E-state index contributed by atoms with van der Waals surface area (Å²) >= 11 is 5.78. The van der Waals surface area contributed by atoms with Crippen LogP contribution >= 0.6 is 11.6 Å². The van der Waals surface area contributed by atoms with Crippen molar-refractivity contribution in [2.24, 2.45) is 0 Å². The summed E-state index contributed by atoms with van der Waals surface area (Å²) in [5, 5.41) is 22.7. The van der Waals surface area contributed by atoms with Crippen LogP contribution in [0.15, 0.2) is 29.8 Å². The lowest BCUT2D eigenvalue weighted by atomic mass is 10.2. The summed E-state index contributed by atoms with van der Waals surface area (Å²) in [6, 6.07) is 3.46. The summed E-state index contributed by atoms with van der Waals surface area (Å²) in [4.78, 5) is 18.3. The van der Waals surface area contributed by atoms with Gasteiger partial charge in [0.25, 0.3) is 5.91 Å². The van der Waals surface area contributed by atoms with Gasteiger partial charge in [0.1, 0.15) is 5.15 Å². The first-order valence-electron chi connectivity index (χ1n) is 7.24. The Hall–Kier alpha value is -1.94. The van der Waals surface area contributed by atoms with Crippen molar-refractivity contribution in [3.05, 3.63) is 50.7 Å². The highest BCUT2D eigenvalue weighted by atomic mass is 35.5. The van der Waals surface area contributed by atoms with Crippen LogP contribution in [0.4, 0.5) is 0 Å². The number of fused-ring (bicyclic) bond motifs is 1. The minimum absolute atomic E-state index is 0.221. The maximum atomic E-state index is 11.6. The summed E-state index contributed by atoms with van der Waals surface area (Å²) in [6.45, 7) is 1.26. The Morgan fingerprint density at radius 1 is 1.50 bits per heavy atom. The fourth-order valence-corrected chi connectivity index (χ4v) is 3.30. The number of hydrogen-bond acceptors (Lipinski definition) is 8. The Morgan fingerprint density at radius 2 is 2.25 bits per heavy atom. The SMILES string of the molecule is COC1C([N+](=O)[O-])=C2N(Cc3ccc(Cl)nc3)CCN2C1(O)OC. The Balaban J connectivity index is 1.98. The van der Waals surface area contributed by atoms with E-state index in [0.29, 0.717) is 30.6 Å². The maximum Gasteiger partial charge on any atom is 0.322 e. The van der Waals surface area contributed by atoms with Gasteiger partial charge in [-0.2, -0.15) is 0 Å². The predicted molar refractivity (Wildman–Crippen MR) is 83.1 cm³/mol. The predicted octanol–water partition coefficient (Wildman–Crippen LogP) is 0.619. The third kappa shape index (κ3) is 2.49. The van der Waals surface area contributed by atoms with E-state index in [2.05, 4.69) is 4.98 Å². The first kappa shape index (κ1) is 16.9. The summed E-state index contributed by atoms with van der Waals surface area (Å²) in [5.41, 5.74) is 0.625. The number of halogens is 1. The van der Waals surface area contributed by atoms with Gasteiger partial charge in [0, 0.05) is 40.1 Å². The molecule has 2 aliphatic rings. The van der Waals surface area contributed by atoms with Gasteiger partial charge in [0.05, 0.1) is 4.92 Å². The number of aliphatic hydroxyl groups is 1. The molecule has 2 aliphatic heterocycles. The van der Waals surface area contributed by atoms with Gasteiger partial charge in [0.15, 0.2) is 5.82 Å². The molecule has 1 N–H and O–H groups in total. The fourth-order valence-electron chi connectivity index (χ4n) is 3.19. The normalized spacial score (nSPS) is 26.2. The molecule has 2 unspecified atom stereocenters. The van der Waals surface area contributed by atoms with Crippen LogP contribution in [0, 0.1) is 10.1 Å². The van der Waals surface area contributed by atoms with E-state index >= 15 is 0 Å². The lowest BCUT2D eigenvalue weighted by molar-refractivity contribution is -0.446. The van der Waals surface area contributed by atoms with Crippen molar-refractivity contribution >= 4 is 11.6 Å². The van der Waals surface area contributed by atoms with Gasteiger partial charge in [-0.15, -0.1) is 0 Å². The summed E-state index contributed by atoms with van der Waals surface area (Å²) in [7, 11) is 2.59. The Labute approximate surface area is 143 Å². The number of aromatic nitrogens is 1. The van der Waals surface area contributed by atoms with Crippen molar-refractivity contribution in [1.29, 1.82) is 0 Å². The molecule has 3 rings (SSSR count). The zero-order valence-electron chi connectivity index (χ0n) is 13.2. The van der Waals surface area contributed by atoms with Crippen molar-refractivity contribution in [3.8, 4) is 0 Å². The molecule has 0 aromatic carbocycles. The quantitative estimate of drug-likeness (QED) is 0.354. The van der Waals surface area contributed by atoms with E-state index in [0.717, 1.165) is 5.56 Å². The van der Waals surface area contributed by atoms with Crippen molar-refractivity contribution in [1.82, 2.24) is 14.8 Å². The van der Waals surface area contributed by atoms with Crippen LogP contribution in [0.3, 0.4) is 0 Å². The lowest BCUT2D eigenvalue weighted by Crippen LogP contribution is -2.53. The van der Waals surface area contributed by atoms with Crippen molar-refractivity contribution < 1.29 is 19.5 Å². The highest BCUT2D eigenvalue weighted by molar-refractivity contribution is 6.29. The molecule has 3 heterocycles. The van der Waals surface area contributed by atoms with Crippen LogP contribution in [0.1, 0.15) is 5.56 Å². The molecule has 130 valence electrons.